The summed E-state index contributed by atoms with van der Waals surface area (Å²) in [7, 11) is -0.897. The van der Waals surface area contributed by atoms with Crippen molar-refractivity contribution in [2.45, 2.75) is 78.2 Å². The fourth-order valence-electron chi connectivity index (χ4n) is 7.96. The van der Waals surface area contributed by atoms with Crippen LogP contribution < -0.4 is 0 Å². The first-order chi connectivity index (χ1) is 12.6. The van der Waals surface area contributed by atoms with E-state index < -0.39 is 9.84 Å². The van der Waals surface area contributed by atoms with E-state index in [9.17, 15) is 13.2 Å². The highest BCUT2D eigenvalue weighted by Crippen LogP contribution is 2.66. The molecular weight excluding hydrogens is 358 g/mol. The molecule has 0 aromatic heterocycles. The second-order valence-electron chi connectivity index (χ2n) is 10.5. The molecular formula is C22H37NO3S. The van der Waals surface area contributed by atoms with Crippen molar-refractivity contribution in [1.29, 1.82) is 0 Å². The molecule has 1 saturated heterocycles. The average molecular weight is 396 g/mol. The second kappa shape index (κ2) is 6.47. The molecule has 0 aromatic carbocycles. The quantitative estimate of drug-likeness (QED) is 0.728. The molecule has 4 aliphatic rings. The van der Waals surface area contributed by atoms with E-state index in [1.807, 2.05) is 7.05 Å². The van der Waals surface area contributed by atoms with Crippen LogP contribution in [0.2, 0.25) is 0 Å². The van der Waals surface area contributed by atoms with E-state index in [1.165, 1.54) is 25.7 Å². The minimum atomic E-state index is -2.91. The molecule has 1 heterocycles. The average Bonchev–Trinajstić information content (AvgIpc) is 2.95. The van der Waals surface area contributed by atoms with E-state index in [-0.39, 0.29) is 16.6 Å². The SMILES string of the molecule is CCS(=O)(=O)CC1CC[C@H]2[C@@H]3CC[C@H]4N(C)C(=O)CC[C@]4(C)[C@H]3CC[C@]12C. The number of sulfone groups is 1. The molecule has 4 nitrogen and oxygen atoms in total. The number of hydrogen-bond acceptors (Lipinski definition) is 3. The van der Waals surface area contributed by atoms with E-state index in [4.69, 9.17) is 0 Å². The van der Waals surface area contributed by atoms with Crippen LogP contribution in [0.25, 0.3) is 0 Å². The molecule has 154 valence electrons. The number of fused-ring (bicyclic) bond motifs is 5. The Bertz CT molecular complexity index is 719. The first kappa shape index (κ1) is 19.7. The third kappa shape index (κ3) is 2.89. The third-order valence-electron chi connectivity index (χ3n) is 9.65. The van der Waals surface area contributed by atoms with Crippen LogP contribution in [0.4, 0.5) is 0 Å². The van der Waals surface area contributed by atoms with E-state index in [0.717, 1.165) is 25.2 Å². The van der Waals surface area contributed by atoms with Crippen LogP contribution in [0.3, 0.4) is 0 Å². The molecule has 3 saturated carbocycles. The Morgan fingerprint density at radius 3 is 2.41 bits per heavy atom. The van der Waals surface area contributed by atoms with Crippen LogP contribution in [-0.4, -0.2) is 43.8 Å². The standard InChI is InChI=1S/C22H37NO3S/c1-5-27(25,26)14-15-6-8-17-16-7-9-19-22(3,13-11-20(24)23(19)4)18(16)10-12-21(15,17)2/h15-19H,5-14H2,1-4H3/t15?,16-,17-,18-,19+,21+,22+/m0/s1. The van der Waals surface area contributed by atoms with Crippen LogP contribution in [0, 0.1) is 34.5 Å². The summed E-state index contributed by atoms with van der Waals surface area (Å²) in [6.07, 6.45) is 8.77. The van der Waals surface area contributed by atoms with Gasteiger partial charge in [-0.15, -0.1) is 0 Å². The van der Waals surface area contributed by atoms with Gasteiger partial charge in [-0.3, -0.25) is 4.79 Å². The third-order valence-corrected chi connectivity index (χ3v) is 11.4. The normalized spacial score (nSPS) is 47.3. The van der Waals surface area contributed by atoms with Crippen molar-refractivity contribution >= 4 is 15.7 Å². The van der Waals surface area contributed by atoms with Gasteiger partial charge in [-0.25, -0.2) is 8.42 Å². The van der Waals surface area contributed by atoms with Gasteiger partial charge in [0.1, 0.15) is 9.84 Å². The van der Waals surface area contributed by atoms with E-state index in [1.54, 1.807) is 6.92 Å². The van der Waals surface area contributed by atoms with Crippen molar-refractivity contribution in [2.75, 3.05) is 18.6 Å². The van der Waals surface area contributed by atoms with Gasteiger partial charge in [0.05, 0.1) is 5.75 Å². The van der Waals surface area contributed by atoms with Gasteiger partial charge in [0.25, 0.3) is 0 Å². The van der Waals surface area contributed by atoms with Crippen molar-refractivity contribution in [1.82, 2.24) is 4.90 Å². The molecule has 4 rings (SSSR count). The Kier molecular flexibility index (Phi) is 4.72. The molecule has 4 fully saturated rings. The Balaban J connectivity index is 1.58. The van der Waals surface area contributed by atoms with Crippen molar-refractivity contribution in [2.24, 2.45) is 34.5 Å². The summed E-state index contributed by atoms with van der Waals surface area (Å²) in [5, 5.41) is 0. The highest BCUT2D eigenvalue weighted by Gasteiger charge is 2.61. The summed E-state index contributed by atoms with van der Waals surface area (Å²) < 4.78 is 24.6. The van der Waals surface area contributed by atoms with Crippen molar-refractivity contribution in [3.05, 3.63) is 0 Å². The molecule has 27 heavy (non-hydrogen) atoms. The van der Waals surface area contributed by atoms with Gasteiger partial charge >= 0.3 is 0 Å². The molecule has 0 aromatic rings. The molecule has 1 aliphatic heterocycles. The van der Waals surface area contributed by atoms with Crippen molar-refractivity contribution in [3.63, 3.8) is 0 Å². The molecule has 1 unspecified atom stereocenters. The van der Waals surface area contributed by atoms with E-state index in [2.05, 4.69) is 18.7 Å². The molecule has 0 N–H and O–H groups in total. The Morgan fingerprint density at radius 2 is 1.70 bits per heavy atom. The van der Waals surface area contributed by atoms with Gasteiger partial charge in [0.15, 0.2) is 0 Å². The second-order valence-corrected chi connectivity index (χ2v) is 12.9. The molecule has 1 amide bonds. The molecule has 3 aliphatic carbocycles. The number of piperidine rings is 1. The van der Waals surface area contributed by atoms with Crippen LogP contribution in [-0.2, 0) is 14.6 Å². The van der Waals surface area contributed by atoms with Crippen molar-refractivity contribution < 1.29 is 13.2 Å². The number of rotatable bonds is 3. The fourth-order valence-corrected chi connectivity index (χ4v) is 9.35. The van der Waals surface area contributed by atoms with Crippen molar-refractivity contribution in [3.8, 4) is 0 Å². The predicted octanol–water partition coefficient (Wildman–Crippen LogP) is 3.90. The number of carbonyl (C=O) groups is 1. The highest BCUT2D eigenvalue weighted by atomic mass is 32.2. The summed E-state index contributed by atoms with van der Waals surface area (Å²) in [6.45, 7) is 6.64. The predicted molar refractivity (Wildman–Crippen MR) is 108 cm³/mol. The Morgan fingerprint density at radius 1 is 1.00 bits per heavy atom. The first-order valence-electron chi connectivity index (χ1n) is 11.1. The molecule has 0 radical (unpaired) electrons. The Hall–Kier alpha value is -0.580. The van der Waals surface area contributed by atoms with Gasteiger partial charge in [0.2, 0.25) is 5.91 Å². The zero-order valence-corrected chi connectivity index (χ0v) is 18.4. The zero-order valence-electron chi connectivity index (χ0n) is 17.5. The smallest absolute Gasteiger partial charge is 0.222 e. The summed E-state index contributed by atoms with van der Waals surface area (Å²) in [5.41, 5.74) is 0.448. The highest BCUT2D eigenvalue weighted by molar-refractivity contribution is 7.91. The van der Waals surface area contributed by atoms with Crippen LogP contribution in [0.15, 0.2) is 0 Å². The first-order valence-corrected chi connectivity index (χ1v) is 12.9. The van der Waals surface area contributed by atoms with Gasteiger partial charge in [-0.2, -0.15) is 0 Å². The number of hydrogen-bond donors (Lipinski definition) is 0. The number of carbonyl (C=O) groups excluding carboxylic acids is 1. The van der Waals surface area contributed by atoms with Crippen LogP contribution >= 0.6 is 0 Å². The maximum absolute atomic E-state index is 12.3. The monoisotopic (exact) mass is 395 g/mol. The topological polar surface area (TPSA) is 54.5 Å². The minimum Gasteiger partial charge on any atom is -0.342 e. The maximum atomic E-state index is 12.3. The van der Waals surface area contributed by atoms with Gasteiger partial charge in [-0.1, -0.05) is 20.8 Å². The van der Waals surface area contributed by atoms with Gasteiger partial charge in [-0.05, 0) is 79.4 Å². The van der Waals surface area contributed by atoms with Gasteiger partial charge in [0, 0.05) is 25.3 Å². The molecule has 5 heteroatoms. The van der Waals surface area contributed by atoms with Gasteiger partial charge < -0.3 is 4.90 Å². The van der Waals surface area contributed by atoms with Crippen LogP contribution in [0.1, 0.15) is 72.1 Å². The molecule has 0 spiro atoms. The molecule has 7 atom stereocenters. The van der Waals surface area contributed by atoms with Crippen LogP contribution in [0.5, 0.6) is 0 Å². The Labute approximate surface area is 165 Å². The number of amides is 1. The largest absolute Gasteiger partial charge is 0.342 e. The lowest BCUT2D eigenvalue weighted by atomic mass is 9.47. The lowest BCUT2D eigenvalue weighted by Crippen LogP contribution is -2.61. The fraction of sp³-hybridized carbons (Fsp3) is 0.955. The lowest BCUT2D eigenvalue weighted by Gasteiger charge is -2.61. The minimum absolute atomic E-state index is 0.197. The molecule has 0 bridgehead atoms. The summed E-state index contributed by atoms with van der Waals surface area (Å²) in [6, 6.07) is 0.405. The summed E-state index contributed by atoms with van der Waals surface area (Å²) in [4.78, 5) is 14.3. The number of likely N-dealkylation sites (tertiary alicyclic amines) is 1. The van der Waals surface area contributed by atoms with E-state index in [0.29, 0.717) is 41.9 Å². The van der Waals surface area contributed by atoms with E-state index >= 15 is 0 Å². The maximum Gasteiger partial charge on any atom is 0.222 e. The lowest BCUT2D eigenvalue weighted by molar-refractivity contribution is -0.158. The summed E-state index contributed by atoms with van der Waals surface area (Å²) in [5.74, 6) is 3.43. The number of nitrogens with zero attached hydrogens (tertiary/aromatic N) is 1. The zero-order chi connectivity index (χ0) is 19.6. The summed E-state index contributed by atoms with van der Waals surface area (Å²) >= 11 is 0.